The molecule has 1 rings (SSSR count). The van der Waals surface area contributed by atoms with Gasteiger partial charge >= 0.3 is 17.9 Å². The van der Waals surface area contributed by atoms with Crippen LogP contribution in [0.25, 0.3) is 0 Å². The van der Waals surface area contributed by atoms with E-state index >= 15 is 0 Å². The maximum Gasteiger partial charge on any atom is 0.333 e. The maximum atomic E-state index is 11.3. The van der Waals surface area contributed by atoms with Crippen molar-refractivity contribution in [1.29, 1.82) is 0 Å². The largest absolute Gasteiger partial charge is 0.478 e. The lowest BCUT2D eigenvalue weighted by Gasteiger charge is -2.07. The molecule has 0 bridgehead atoms. The number of rotatable bonds is 9. The van der Waals surface area contributed by atoms with Gasteiger partial charge < -0.3 is 14.6 Å². The van der Waals surface area contributed by atoms with Crippen LogP contribution in [0.5, 0.6) is 0 Å². The fourth-order valence-electron chi connectivity index (χ4n) is 1.64. The lowest BCUT2D eigenvalue weighted by atomic mass is 10.1. The van der Waals surface area contributed by atoms with Gasteiger partial charge in [0.05, 0.1) is 6.61 Å². The number of carbonyl (C=O) groups is 3. The van der Waals surface area contributed by atoms with Crippen molar-refractivity contribution in [2.45, 2.75) is 40.7 Å². The molecule has 0 aromatic heterocycles. The third-order valence-electron chi connectivity index (χ3n) is 3.39. The van der Waals surface area contributed by atoms with Gasteiger partial charge in [0.2, 0.25) is 0 Å². The predicted molar refractivity (Wildman–Crippen MR) is 112 cm³/mol. The Balaban J connectivity index is 0.000000551. The highest BCUT2D eigenvalue weighted by molar-refractivity contribution is 5.89. The first kappa shape index (κ1) is 25.9. The summed E-state index contributed by atoms with van der Waals surface area (Å²) in [6.07, 6.45) is 1.65. The summed E-state index contributed by atoms with van der Waals surface area (Å²) in [5.74, 6) is -1.54. The second kappa shape index (κ2) is 13.9. The number of ether oxygens (including phenoxy) is 2. The Bertz CT molecular complexity index is 744. The zero-order chi connectivity index (χ0) is 22.4. The molecule has 0 spiro atoms. The molecule has 0 heterocycles. The van der Waals surface area contributed by atoms with Gasteiger partial charge in [0.25, 0.3) is 0 Å². The molecule has 0 unspecified atom stereocenters. The second-order valence-corrected chi connectivity index (χ2v) is 6.83. The molecule has 0 aliphatic heterocycles. The van der Waals surface area contributed by atoms with Crippen molar-refractivity contribution in [2.24, 2.45) is 5.92 Å². The Hall–Kier alpha value is -3.15. The van der Waals surface area contributed by atoms with Gasteiger partial charge in [-0.3, -0.25) is 0 Å². The first-order valence-corrected chi connectivity index (χ1v) is 9.16. The molecule has 1 N–H and O–H groups in total. The number of carboxylic acids is 1. The van der Waals surface area contributed by atoms with E-state index in [0.717, 1.165) is 5.56 Å². The molecule has 0 atom stereocenters. The Morgan fingerprint density at radius 3 is 2.10 bits per heavy atom. The molecule has 6 heteroatoms. The van der Waals surface area contributed by atoms with Gasteiger partial charge in [-0.15, -0.1) is 0 Å². The molecular weight excluding hydrogens is 372 g/mol. The van der Waals surface area contributed by atoms with Crippen LogP contribution in [0.1, 0.15) is 39.7 Å². The number of benzene rings is 1. The SMILES string of the molecule is C=C(C)C(=O)OCc1ccccc1.C=C(CC=C(C)C(=O)O)C(=O)OCC(C)C. The minimum absolute atomic E-state index is 0.192. The van der Waals surface area contributed by atoms with Crippen LogP contribution in [0.15, 0.2) is 66.3 Å². The fraction of sp³-hybridized carbons (Fsp3) is 0.348. The minimum atomic E-state index is -0.997. The molecule has 0 aliphatic carbocycles. The molecule has 0 aliphatic rings. The zero-order valence-corrected chi connectivity index (χ0v) is 17.6. The van der Waals surface area contributed by atoms with Crippen molar-refractivity contribution >= 4 is 17.9 Å². The van der Waals surface area contributed by atoms with E-state index in [9.17, 15) is 14.4 Å². The maximum absolute atomic E-state index is 11.3. The van der Waals surface area contributed by atoms with Crippen LogP contribution < -0.4 is 0 Å². The van der Waals surface area contributed by atoms with Gasteiger partial charge in [0, 0.05) is 16.7 Å². The molecule has 29 heavy (non-hydrogen) atoms. The van der Waals surface area contributed by atoms with Crippen molar-refractivity contribution < 1.29 is 29.0 Å². The van der Waals surface area contributed by atoms with Crippen LogP contribution in [-0.2, 0) is 30.5 Å². The zero-order valence-electron chi connectivity index (χ0n) is 17.6. The first-order chi connectivity index (χ1) is 13.5. The lowest BCUT2D eigenvalue weighted by Crippen LogP contribution is -2.11. The molecule has 0 saturated carbocycles. The highest BCUT2D eigenvalue weighted by Gasteiger charge is 2.09. The number of aliphatic carboxylic acids is 1. The van der Waals surface area contributed by atoms with Gasteiger partial charge in [-0.25, -0.2) is 14.4 Å². The van der Waals surface area contributed by atoms with Gasteiger partial charge in [0.15, 0.2) is 0 Å². The van der Waals surface area contributed by atoms with Crippen LogP contribution in [-0.4, -0.2) is 29.6 Å². The quantitative estimate of drug-likeness (QED) is 0.484. The average molecular weight is 402 g/mol. The minimum Gasteiger partial charge on any atom is -0.478 e. The number of esters is 2. The van der Waals surface area contributed by atoms with Gasteiger partial charge in [0.1, 0.15) is 6.61 Å². The lowest BCUT2D eigenvalue weighted by molar-refractivity contribution is -0.141. The highest BCUT2D eigenvalue weighted by atomic mass is 16.5. The smallest absolute Gasteiger partial charge is 0.333 e. The van der Waals surface area contributed by atoms with E-state index in [1.165, 1.54) is 13.0 Å². The molecule has 0 amide bonds. The van der Waals surface area contributed by atoms with Crippen molar-refractivity contribution in [1.82, 2.24) is 0 Å². The van der Waals surface area contributed by atoms with Crippen LogP contribution in [0.3, 0.4) is 0 Å². The number of carbonyl (C=O) groups excluding carboxylic acids is 2. The van der Waals surface area contributed by atoms with Crippen LogP contribution in [0.4, 0.5) is 0 Å². The Kier molecular flexibility index (Phi) is 12.4. The summed E-state index contributed by atoms with van der Waals surface area (Å²) < 4.78 is 9.89. The monoisotopic (exact) mass is 402 g/mol. The van der Waals surface area contributed by atoms with Gasteiger partial charge in [-0.1, -0.05) is 63.4 Å². The van der Waals surface area contributed by atoms with Gasteiger partial charge in [-0.05, 0) is 31.7 Å². The van der Waals surface area contributed by atoms with Crippen molar-refractivity contribution in [3.63, 3.8) is 0 Å². The van der Waals surface area contributed by atoms with Crippen molar-refractivity contribution in [3.05, 3.63) is 71.8 Å². The number of hydrogen-bond acceptors (Lipinski definition) is 5. The summed E-state index contributed by atoms with van der Waals surface area (Å²) in [6.45, 7) is 14.7. The Labute approximate surface area is 172 Å². The third kappa shape index (κ3) is 12.8. The number of allylic oxidation sites excluding steroid dienone is 1. The molecule has 158 valence electrons. The molecule has 0 saturated heterocycles. The summed E-state index contributed by atoms with van der Waals surface area (Å²) in [4.78, 5) is 32.8. The summed E-state index contributed by atoms with van der Waals surface area (Å²) >= 11 is 0. The van der Waals surface area contributed by atoms with E-state index in [1.54, 1.807) is 6.92 Å². The van der Waals surface area contributed by atoms with Crippen LogP contribution in [0.2, 0.25) is 0 Å². The number of hydrogen-bond donors (Lipinski definition) is 1. The summed E-state index contributed by atoms with van der Waals surface area (Å²) in [5.41, 5.74) is 1.87. The van der Waals surface area contributed by atoms with Crippen molar-refractivity contribution in [2.75, 3.05) is 6.61 Å². The Morgan fingerprint density at radius 2 is 1.62 bits per heavy atom. The standard InChI is InChI=1S/C12H18O4.C11H12O2/c1-8(2)7-16-12(15)10(4)6-5-9(3)11(13)14;1-9(2)11(12)13-8-10-6-4-3-5-7-10/h5,8H,4,6-7H2,1-3H3,(H,13,14);3-7H,1,8H2,2H3. The topological polar surface area (TPSA) is 89.9 Å². The van der Waals surface area contributed by atoms with E-state index in [1.807, 2.05) is 44.2 Å². The molecule has 6 nitrogen and oxygen atoms in total. The highest BCUT2D eigenvalue weighted by Crippen LogP contribution is 2.07. The van der Waals surface area contributed by atoms with E-state index in [2.05, 4.69) is 13.2 Å². The van der Waals surface area contributed by atoms with Gasteiger partial charge in [-0.2, -0.15) is 0 Å². The van der Waals surface area contributed by atoms with Crippen LogP contribution >= 0.6 is 0 Å². The van der Waals surface area contributed by atoms with E-state index in [0.29, 0.717) is 18.8 Å². The Morgan fingerprint density at radius 1 is 1.03 bits per heavy atom. The molecule has 1 aromatic carbocycles. The molecule has 0 radical (unpaired) electrons. The third-order valence-corrected chi connectivity index (χ3v) is 3.39. The van der Waals surface area contributed by atoms with E-state index in [-0.39, 0.29) is 29.5 Å². The summed E-state index contributed by atoms with van der Waals surface area (Å²) in [7, 11) is 0. The van der Waals surface area contributed by atoms with Crippen LogP contribution in [0, 0.1) is 5.92 Å². The summed E-state index contributed by atoms with van der Waals surface area (Å²) in [5, 5.41) is 8.60. The second-order valence-electron chi connectivity index (χ2n) is 6.83. The summed E-state index contributed by atoms with van der Waals surface area (Å²) in [6, 6.07) is 9.55. The van der Waals surface area contributed by atoms with E-state index in [4.69, 9.17) is 14.6 Å². The molecule has 0 fully saturated rings. The average Bonchev–Trinajstić information content (AvgIpc) is 2.68. The molecular formula is C23H30O6. The normalized spacial score (nSPS) is 10.4. The molecule has 1 aromatic rings. The predicted octanol–water partition coefficient (Wildman–Crippen LogP) is 4.47. The van der Waals surface area contributed by atoms with E-state index < -0.39 is 11.9 Å². The van der Waals surface area contributed by atoms with Crippen molar-refractivity contribution in [3.8, 4) is 0 Å². The first-order valence-electron chi connectivity index (χ1n) is 9.16. The fourth-order valence-corrected chi connectivity index (χ4v) is 1.64. The number of carboxylic acid groups (broad SMARTS) is 1.